The summed E-state index contributed by atoms with van der Waals surface area (Å²) in [7, 11) is 0. The maximum absolute atomic E-state index is 3.78. The van der Waals surface area contributed by atoms with Crippen molar-refractivity contribution < 1.29 is 0 Å². The lowest BCUT2D eigenvalue weighted by Crippen LogP contribution is -2.39. The molecule has 2 heteroatoms. The maximum atomic E-state index is 3.78. The molecule has 1 aromatic rings. The standard InChI is InChI=1S/C19H30N2/c1-2-12-20-19-11-5-9-18(19)15-21-13-6-10-16-7-3-4-8-17(16)14-21/h3-4,7-8,18-20H,2,5-6,9-15H2,1H3. The Bertz CT molecular complexity index is 443. The maximum Gasteiger partial charge on any atom is 0.0236 e. The van der Waals surface area contributed by atoms with Crippen LogP contribution < -0.4 is 5.32 Å². The monoisotopic (exact) mass is 286 g/mol. The van der Waals surface area contributed by atoms with Gasteiger partial charge in [-0.1, -0.05) is 37.6 Å². The molecule has 3 rings (SSSR count). The van der Waals surface area contributed by atoms with E-state index in [9.17, 15) is 0 Å². The van der Waals surface area contributed by atoms with Crippen LogP contribution in [0.1, 0.15) is 50.2 Å². The topological polar surface area (TPSA) is 15.3 Å². The van der Waals surface area contributed by atoms with Gasteiger partial charge in [-0.15, -0.1) is 0 Å². The lowest BCUT2D eigenvalue weighted by molar-refractivity contribution is 0.208. The van der Waals surface area contributed by atoms with Crippen molar-refractivity contribution in [3.05, 3.63) is 35.4 Å². The predicted octanol–water partition coefficient (Wildman–Crippen LogP) is 3.60. The Morgan fingerprint density at radius 2 is 2.00 bits per heavy atom. The summed E-state index contributed by atoms with van der Waals surface area (Å²) in [5.41, 5.74) is 3.14. The quantitative estimate of drug-likeness (QED) is 0.889. The van der Waals surface area contributed by atoms with Crippen molar-refractivity contribution in [3.8, 4) is 0 Å². The summed E-state index contributed by atoms with van der Waals surface area (Å²) >= 11 is 0. The summed E-state index contributed by atoms with van der Waals surface area (Å²) in [6.45, 7) is 7.17. The van der Waals surface area contributed by atoms with E-state index >= 15 is 0 Å². The molecule has 21 heavy (non-hydrogen) atoms. The Kier molecular flexibility index (Phi) is 5.32. The normalized spacial score (nSPS) is 26.5. The molecular formula is C19H30N2. The van der Waals surface area contributed by atoms with Gasteiger partial charge >= 0.3 is 0 Å². The van der Waals surface area contributed by atoms with E-state index in [1.54, 1.807) is 11.1 Å². The number of nitrogens with zero attached hydrogens (tertiary/aromatic N) is 1. The van der Waals surface area contributed by atoms with E-state index in [1.165, 1.54) is 58.2 Å². The number of rotatable bonds is 5. The van der Waals surface area contributed by atoms with E-state index < -0.39 is 0 Å². The Labute approximate surface area is 129 Å². The molecule has 0 saturated heterocycles. The number of benzene rings is 1. The molecular weight excluding hydrogens is 256 g/mol. The minimum atomic E-state index is 0.767. The van der Waals surface area contributed by atoms with E-state index in [4.69, 9.17) is 0 Å². The van der Waals surface area contributed by atoms with Gasteiger partial charge in [0.2, 0.25) is 0 Å². The van der Waals surface area contributed by atoms with Crippen LogP contribution in [0.2, 0.25) is 0 Å². The van der Waals surface area contributed by atoms with E-state index in [-0.39, 0.29) is 0 Å². The highest BCUT2D eigenvalue weighted by Crippen LogP contribution is 2.28. The summed E-state index contributed by atoms with van der Waals surface area (Å²) < 4.78 is 0. The highest BCUT2D eigenvalue weighted by atomic mass is 15.1. The fourth-order valence-corrected chi connectivity index (χ4v) is 4.11. The number of aryl methyl sites for hydroxylation is 1. The summed E-state index contributed by atoms with van der Waals surface area (Å²) in [6.07, 6.45) is 8.04. The molecule has 0 amide bonds. The minimum absolute atomic E-state index is 0.767. The van der Waals surface area contributed by atoms with Gasteiger partial charge in [-0.2, -0.15) is 0 Å². The summed E-state index contributed by atoms with van der Waals surface area (Å²) in [6, 6.07) is 9.80. The van der Waals surface area contributed by atoms with Gasteiger partial charge in [-0.3, -0.25) is 4.90 Å². The molecule has 1 N–H and O–H groups in total. The van der Waals surface area contributed by atoms with Gasteiger partial charge in [-0.05, 0) is 62.2 Å². The molecule has 1 fully saturated rings. The van der Waals surface area contributed by atoms with Crippen LogP contribution in [0.5, 0.6) is 0 Å². The van der Waals surface area contributed by atoms with Crippen molar-refractivity contribution >= 4 is 0 Å². The third-order valence-electron chi connectivity index (χ3n) is 5.24. The number of fused-ring (bicyclic) bond motifs is 1. The molecule has 1 aromatic carbocycles. The molecule has 2 unspecified atom stereocenters. The third kappa shape index (κ3) is 3.87. The third-order valence-corrected chi connectivity index (χ3v) is 5.24. The first-order valence-corrected chi connectivity index (χ1v) is 8.89. The van der Waals surface area contributed by atoms with Crippen molar-refractivity contribution in [3.63, 3.8) is 0 Å². The number of hydrogen-bond donors (Lipinski definition) is 1. The average Bonchev–Trinajstić information content (AvgIpc) is 2.83. The molecule has 0 bridgehead atoms. The highest BCUT2D eigenvalue weighted by molar-refractivity contribution is 5.28. The van der Waals surface area contributed by atoms with E-state index in [0.29, 0.717) is 0 Å². The SMILES string of the molecule is CCCNC1CCCC1CN1CCCc2ccccc2C1. The van der Waals surface area contributed by atoms with Crippen LogP contribution in [-0.4, -0.2) is 30.6 Å². The van der Waals surface area contributed by atoms with Crippen LogP contribution in [0.3, 0.4) is 0 Å². The molecule has 1 aliphatic heterocycles. The summed E-state index contributed by atoms with van der Waals surface area (Å²) in [5, 5.41) is 3.78. The van der Waals surface area contributed by atoms with Crippen LogP contribution in [0.15, 0.2) is 24.3 Å². The predicted molar refractivity (Wildman–Crippen MR) is 89.5 cm³/mol. The van der Waals surface area contributed by atoms with Gasteiger partial charge in [0, 0.05) is 19.1 Å². The zero-order valence-corrected chi connectivity index (χ0v) is 13.5. The highest BCUT2D eigenvalue weighted by Gasteiger charge is 2.28. The fourth-order valence-electron chi connectivity index (χ4n) is 4.11. The first-order valence-electron chi connectivity index (χ1n) is 8.89. The van der Waals surface area contributed by atoms with Gasteiger partial charge in [0.05, 0.1) is 0 Å². The second kappa shape index (κ2) is 7.42. The summed E-state index contributed by atoms with van der Waals surface area (Å²) in [4.78, 5) is 2.71. The number of nitrogens with one attached hydrogen (secondary N) is 1. The first-order chi connectivity index (χ1) is 10.4. The molecule has 116 valence electrons. The Morgan fingerprint density at radius 1 is 1.14 bits per heavy atom. The molecule has 1 aliphatic carbocycles. The molecule has 0 radical (unpaired) electrons. The minimum Gasteiger partial charge on any atom is -0.314 e. The Balaban J connectivity index is 1.60. The molecule has 2 nitrogen and oxygen atoms in total. The van der Waals surface area contributed by atoms with E-state index in [1.807, 2.05) is 0 Å². The van der Waals surface area contributed by atoms with Gasteiger partial charge in [0.15, 0.2) is 0 Å². The zero-order chi connectivity index (χ0) is 14.5. The van der Waals surface area contributed by atoms with Crippen LogP contribution in [0.25, 0.3) is 0 Å². The summed E-state index contributed by atoms with van der Waals surface area (Å²) in [5.74, 6) is 0.863. The molecule has 2 aliphatic rings. The Morgan fingerprint density at radius 3 is 2.86 bits per heavy atom. The van der Waals surface area contributed by atoms with Crippen molar-refractivity contribution in [2.45, 2.75) is 58.0 Å². The van der Waals surface area contributed by atoms with Crippen LogP contribution in [0, 0.1) is 5.92 Å². The molecule has 2 atom stereocenters. The lowest BCUT2D eigenvalue weighted by atomic mass is 10.0. The zero-order valence-electron chi connectivity index (χ0n) is 13.5. The first kappa shape index (κ1) is 15.1. The van der Waals surface area contributed by atoms with E-state index in [2.05, 4.69) is 41.4 Å². The van der Waals surface area contributed by atoms with Crippen LogP contribution >= 0.6 is 0 Å². The average molecular weight is 286 g/mol. The van der Waals surface area contributed by atoms with Crippen molar-refractivity contribution in [2.75, 3.05) is 19.6 Å². The van der Waals surface area contributed by atoms with Gasteiger partial charge in [0.25, 0.3) is 0 Å². The van der Waals surface area contributed by atoms with Crippen molar-refractivity contribution in [1.29, 1.82) is 0 Å². The lowest BCUT2D eigenvalue weighted by Gasteiger charge is -2.28. The van der Waals surface area contributed by atoms with Gasteiger partial charge < -0.3 is 5.32 Å². The van der Waals surface area contributed by atoms with Crippen molar-refractivity contribution in [2.24, 2.45) is 5.92 Å². The molecule has 1 heterocycles. The second-order valence-corrected chi connectivity index (χ2v) is 6.86. The van der Waals surface area contributed by atoms with E-state index in [0.717, 1.165) is 18.5 Å². The smallest absolute Gasteiger partial charge is 0.0236 e. The van der Waals surface area contributed by atoms with Crippen molar-refractivity contribution in [1.82, 2.24) is 10.2 Å². The number of hydrogen-bond acceptors (Lipinski definition) is 2. The van der Waals surface area contributed by atoms with Crippen LogP contribution in [-0.2, 0) is 13.0 Å². The second-order valence-electron chi connectivity index (χ2n) is 6.86. The fraction of sp³-hybridized carbons (Fsp3) is 0.684. The molecule has 0 aromatic heterocycles. The van der Waals surface area contributed by atoms with Crippen LogP contribution in [0.4, 0.5) is 0 Å². The van der Waals surface area contributed by atoms with Gasteiger partial charge in [0.1, 0.15) is 0 Å². The largest absolute Gasteiger partial charge is 0.314 e. The van der Waals surface area contributed by atoms with Gasteiger partial charge in [-0.25, -0.2) is 0 Å². The Hall–Kier alpha value is -0.860. The molecule has 0 spiro atoms. The molecule has 1 saturated carbocycles.